The number of aromatic nitrogens is 4. The van der Waals surface area contributed by atoms with E-state index in [0.717, 1.165) is 24.6 Å². The fourth-order valence-electron chi connectivity index (χ4n) is 2.19. The Morgan fingerprint density at radius 3 is 2.84 bits per heavy atom. The van der Waals surface area contributed by atoms with E-state index in [2.05, 4.69) is 20.0 Å². The van der Waals surface area contributed by atoms with Crippen molar-refractivity contribution in [2.24, 2.45) is 5.92 Å². The summed E-state index contributed by atoms with van der Waals surface area (Å²) in [7, 11) is 0. The lowest BCUT2D eigenvalue weighted by atomic mass is 10.0. The van der Waals surface area contributed by atoms with Crippen molar-refractivity contribution in [2.75, 3.05) is 18.0 Å². The van der Waals surface area contributed by atoms with Crippen molar-refractivity contribution in [2.45, 2.75) is 13.5 Å². The van der Waals surface area contributed by atoms with Gasteiger partial charge in [0.25, 0.3) is 5.56 Å². The van der Waals surface area contributed by atoms with Gasteiger partial charge in [-0.05, 0) is 13.0 Å². The standard InChI is InChI=1S/C13H15N5O/c1-10-5-15-12(6-14-10)17-7-11(8-17)9-18-13(19)3-2-4-16-18/h2-6,11H,7-9H2,1H3. The zero-order valence-electron chi connectivity index (χ0n) is 10.7. The molecule has 1 saturated heterocycles. The molecule has 0 radical (unpaired) electrons. The summed E-state index contributed by atoms with van der Waals surface area (Å²) in [5.74, 6) is 1.34. The van der Waals surface area contributed by atoms with Crippen molar-refractivity contribution < 1.29 is 0 Å². The minimum absolute atomic E-state index is 0.0453. The second-order valence-corrected chi connectivity index (χ2v) is 4.83. The molecule has 3 rings (SSSR count). The zero-order chi connectivity index (χ0) is 13.2. The lowest BCUT2D eigenvalue weighted by Crippen LogP contribution is -2.50. The first kappa shape index (κ1) is 11.8. The highest BCUT2D eigenvalue weighted by Crippen LogP contribution is 2.22. The summed E-state index contributed by atoms with van der Waals surface area (Å²) in [5.41, 5.74) is 0.872. The molecule has 6 nitrogen and oxygen atoms in total. The zero-order valence-corrected chi connectivity index (χ0v) is 10.7. The molecule has 19 heavy (non-hydrogen) atoms. The molecule has 0 aliphatic carbocycles. The van der Waals surface area contributed by atoms with Crippen molar-refractivity contribution in [1.82, 2.24) is 19.7 Å². The predicted molar refractivity (Wildman–Crippen MR) is 71.0 cm³/mol. The summed E-state index contributed by atoms with van der Waals surface area (Å²) in [4.78, 5) is 22.3. The van der Waals surface area contributed by atoms with E-state index in [1.807, 2.05) is 6.92 Å². The van der Waals surface area contributed by atoms with Gasteiger partial charge in [0.2, 0.25) is 0 Å². The van der Waals surface area contributed by atoms with Crippen LogP contribution in [0.5, 0.6) is 0 Å². The van der Waals surface area contributed by atoms with Crippen LogP contribution in [0, 0.1) is 12.8 Å². The maximum Gasteiger partial charge on any atom is 0.266 e. The van der Waals surface area contributed by atoms with E-state index >= 15 is 0 Å². The average Bonchev–Trinajstić information content (AvgIpc) is 2.37. The van der Waals surface area contributed by atoms with Crippen LogP contribution in [0.1, 0.15) is 5.69 Å². The maximum atomic E-state index is 11.5. The Morgan fingerprint density at radius 1 is 1.32 bits per heavy atom. The van der Waals surface area contributed by atoms with E-state index in [9.17, 15) is 4.79 Å². The number of rotatable bonds is 3. The van der Waals surface area contributed by atoms with Gasteiger partial charge in [-0.2, -0.15) is 5.10 Å². The van der Waals surface area contributed by atoms with Crippen LogP contribution < -0.4 is 10.5 Å². The van der Waals surface area contributed by atoms with E-state index in [4.69, 9.17) is 0 Å². The molecular formula is C13H15N5O. The lowest BCUT2D eigenvalue weighted by Gasteiger charge is -2.39. The fourth-order valence-corrected chi connectivity index (χ4v) is 2.19. The van der Waals surface area contributed by atoms with Gasteiger partial charge in [0.1, 0.15) is 5.82 Å². The van der Waals surface area contributed by atoms with Crippen LogP contribution in [-0.4, -0.2) is 32.8 Å². The Balaban J connectivity index is 1.60. The molecule has 0 aromatic carbocycles. The molecule has 0 N–H and O–H groups in total. The fraction of sp³-hybridized carbons (Fsp3) is 0.385. The predicted octanol–water partition coefficient (Wildman–Crippen LogP) is 0.478. The van der Waals surface area contributed by atoms with Crippen LogP contribution in [0.25, 0.3) is 0 Å². The van der Waals surface area contributed by atoms with Crippen LogP contribution in [0.4, 0.5) is 5.82 Å². The molecule has 2 aromatic rings. The number of aryl methyl sites for hydroxylation is 1. The summed E-state index contributed by atoms with van der Waals surface area (Å²) in [6.07, 6.45) is 5.20. The SMILES string of the molecule is Cc1cnc(N2CC(Cn3ncccc3=O)C2)cn1. The van der Waals surface area contributed by atoms with Crippen molar-refractivity contribution in [3.8, 4) is 0 Å². The van der Waals surface area contributed by atoms with Gasteiger partial charge >= 0.3 is 0 Å². The second kappa shape index (κ2) is 4.79. The highest BCUT2D eigenvalue weighted by atomic mass is 16.1. The molecule has 1 aliphatic rings. The Labute approximate surface area is 110 Å². The largest absolute Gasteiger partial charge is 0.355 e. The third kappa shape index (κ3) is 2.47. The van der Waals surface area contributed by atoms with Gasteiger partial charge in [0.15, 0.2) is 0 Å². The van der Waals surface area contributed by atoms with Gasteiger partial charge in [-0.15, -0.1) is 0 Å². The first-order chi connectivity index (χ1) is 9.22. The van der Waals surface area contributed by atoms with Gasteiger partial charge in [0.05, 0.1) is 24.6 Å². The van der Waals surface area contributed by atoms with Crippen LogP contribution >= 0.6 is 0 Å². The second-order valence-electron chi connectivity index (χ2n) is 4.83. The van der Waals surface area contributed by atoms with E-state index < -0.39 is 0 Å². The first-order valence-corrected chi connectivity index (χ1v) is 6.28. The normalized spacial score (nSPS) is 15.3. The molecule has 3 heterocycles. The van der Waals surface area contributed by atoms with Gasteiger partial charge in [-0.25, -0.2) is 9.67 Å². The maximum absolute atomic E-state index is 11.5. The summed E-state index contributed by atoms with van der Waals surface area (Å²) >= 11 is 0. The summed E-state index contributed by atoms with van der Waals surface area (Å²) in [6, 6.07) is 3.20. The molecule has 0 amide bonds. The molecule has 0 spiro atoms. The minimum Gasteiger partial charge on any atom is -0.355 e. The van der Waals surface area contributed by atoms with Gasteiger partial charge in [-0.3, -0.25) is 9.78 Å². The average molecular weight is 257 g/mol. The summed E-state index contributed by atoms with van der Waals surface area (Å²) in [5, 5.41) is 4.07. The summed E-state index contributed by atoms with van der Waals surface area (Å²) < 4.78 is 1.52. The molecule has 98 valence electrons. The van der Waals surface area contributed by atoms with Gasteiger partial charge in [-0.1, -0.05) is 0 Å². The van der Waals surface area contributed by atoms with Crippen molar-refractivity contribution in [3.05, 3.63) is 46.8 Å². The van der Waals surface area contributed by atoms with Crippen LogP contribution in [0.15, 0.2) is 35.5 Å². The van der Waals surface area contributed by atoms with E-state index in [1.54, 1.807) is 24.7 Å². The molecule has 0 saturated carbocycles. The smallest absolute Gasteiger partial charge is 0.266 e. The topological polar surface area (TPSA) is 63.9 Å². The Bertz CT molecular complexity index is 615. The first-order valence-electron chi connectivity index (χ1n) is 6.28. The quantitative estimate of drug-likeness (QED) is 0.800. The molecule has 6 heteroatoms. The van der Waals surface area contributed by atoms with Crippen molar-refractivity contribution in [1.29, 1.82) is 0 Å². The van der Waals surface area contributed by atoms with Gasteiger partial charge in [0, 0.05) is 31.3 Å². The van der Waals surface area contributed by atoms with E-state index in [-0.39, 0.29) is 5.56 Å². The Morgan fingerprint density at radius 2 is 2.16 bits per heavy atom. The van der Waals surface area contributed by atoms with Crippen LogP contribution in [0.2, 0.25) is 0 Å². The van der Waals surface area contributed by atoms with Crippen LogP contribution in [0.3, 0.4) is 0 Å². The molecular weight excluding hydrogens is 242 g/mol. The molecule has 0 bridgehead atoms. The minimum atomic E-state index is -0.0453. The molecule has 0 unspecified atom stereocenters. The van der Waals surface area contributed by atoms with Crippen molar-refractivity contribution >= 4 is 5.82 Å². The lowest BCUT2D eigenvalue weighted by molar-refractivity contribution is 0.332. The number of nitrogens with zero attached hydrogens (tertiary/aromatic N) is 5. The molecule has 1 aliphatic heterocycles. The van der Waals surface area contributed by atoms with Crippen LogP contribution in [-0.2, 0) is 6.54 Å². The monoisotopic (exact) mass is 257 g/mol. The molecule has 0 atom stereocenters. The number of hydrogen-bond acceptors (Lipinski definition) is 5. The highest BCUT2D eigenvalue weighted by Gasteiger charge is 2.28. The van der Waals surface area contributed by atoms with E-state index in [1.165, 1.54) is 10.7 Å². The van der Waals surface area contributed by atoms with Crippen molar-refractivity contribution in [3.63, 3.8) is 0 Å². The number of hydrogen-bond donors (Lipinski definition) is 0. The molecule has 1 fully saturated rings. The highest BCUT2D eigenvalue weighted by molar-refractivity contribution is 5.39. The third-order valence-electron chi connectivity index (χ3n) is 3.26. The number of anilines is 1. The van der Waals surface area contributed by atoms with Gasteiger partial charge < -0.3 is 4.90 Å². The molecule has 2 aromatic heterocycles. The Hall–Kier alpha value is -2.24. The third-order valence-corrected chi connectivity index (χ3v) is 3.26. The van der Waals surface area contributed by atoms with E-state index in [0.29, 0.717) is 12.5 Å². The summed E-state index contributed by atoms with van der Waals surface area (Å²) in [6.45, 7) is 4.36. The Kier molecular flexibility index (Phi) is 2.98.